The van der Waals surface area contributed by atoms with E-state index in [1.807, 2.05) is 0 Å². The maximum atomic E-state index is 13.1. The van der Waals surface area contributed by atoms with Gasteiger partial charge in [-0.15, -0.1) is 0 Å². The molecular weight excluding hydrogens is 337 g/mol. The van der Waals surface area contributed by atoms with Crippen molar-refractivity contribution in [3.63, 3.8) is 0 Å². The third kappa shape index (κ3) is 3.45. The summed E-state index contributed by atoms with van der Waals surface area (Å²) in [6, 6.07) is 2.28. The van der Waals surface area contributed by atoms with E-state index in [0.717, 1.165) is 6.07 Å². The molecule has 0 spiro atoms. The molecule has 0 radical (unpaired) electrons. The number of hydrogen-bond donors (Lipinski definition) is 0. The van der Waals surface area contributed by atoms with Crippen LogP contribution in [0.15, 0.2) is 22.7 Å². The first kappa shape index (κ1) is 17.2. The Bertz CT molecular complexity index is 780. The van der Waals surface area contributed by atoms with Gasteiger partial charge in [-0.25, -0.2) is 9.97 Å². The van der Waals surface area contributed by atoms with E-state index in [4.69, 9.17) is 4.42 Å². The van der Waals surface area contributed by atoms with E-state index < -0.39 is 11.7 Å². The maximum Gasteiger partial charge on any atom is 0.419 e. The number of piperazine rings is 1. The van der Waals surface area contributed by atoms with Crippen molar-refractivity contribution in [1.82, 2.24) is 14.9 Å². The molecule has 0 N–H and O–H groups in total. The van der Waals surface area contributed by atoms with Crippen LogP contribution in [-0.2, 0) is 6.18 Å². The van der Waals surface area contributed by atoms with E-state index in [0.29, 0.717) is 11.6 Å². The van der Waals surface area contributed by atoms with Crippen LogP contribution in [0.4, 0.5) is 19.0 Å². The van der Waals surface area contributed by atoms with Gasteiger partial charge in [-0.05, 0) is 19.1 Å². The number of nitrogens with zero attached hydrogens (tertiary/aromatic N) is 4. The number of carbonyl (C=O) groups is 1. The fraction of sp³-hybridized carbons (Fsp3) is 0.438. The number of amides is 1. The topological polar surface area (TPSA) is 62.5 Å². The second-order valence-corrected chi connectivity index (χ2v) is 5.80. The minimum atomic E-state index is -4.47. The largest absolute Gasteiger partial charge is 0.436 e. The average molecular weight is 354 g/mol. The standard InChI is InChI=1S/C16H17F3N4O2/c1-10-13(25-11(2)21-10)15(24)23-8-6-22(7-9-23)14-12(16(17,18)19)4-3-5-20-14/h3-5H,6-9H2,1-2H3. The second-order valence-electron chi connectivity index (χ2n) is 5.80. The van der Waals surface area contributed by atoms with E-state index in [9.17, 15) is 18.0 Å². The number of pyridine rings is 1. The zero-order valence-electron chi connectivity index (χ0n) is 13.8. The molecule has 6 nitrogen and oxygen atoms in total. The van der Waals surface area contributed by atoms with E-state index in [-0.39, 0.29) is 43.7 Å². The molecule has 1 aliphatic rings. The summed E-state index contributed by atoms with van der Waals surface area (Å²) in [5.74, 6) is 0.186. The maximum absolute atomic E-state index is 13.1. The quantitative estimate of drug-likeness (QED) is 0.830. The van der Waals surface area contributed by atoms with Crippen molar-refractivity contribution in [3.8, 4) is 0 Å². The second kappa shape index (κ2) is 6.38. The van der Waals surface area contributed by atoms with Gasteiger partial charge in [0.15, 0.2) is 5.89 Å². The van der Waals surface area contributed by atoms with Crippen LogP contribution in [0.5, 0.6) is 0 Å². The molecule has 2 aromatic heterocycles. The Morgan fingerprint density at radius 3 is 2.44 bits per heavy atom. The Balaban J connectivity index is 1.73. The molecule has 0 aliphatic carbocycles. The molecular formula is C16H17F3N4O2. The smallest absolute Gasteiger partial charge is 0.419 e. The molecule has 3 rings (SSSR count). The summed E-state index contributed by atoms with van der Waals surface area (Å²) < 4.78 is 44.7. The lowest BCUT2D eigenvalue weighted by Crippen LogP contribution is -2.49. The van der Waals surface area contributed by atoms with Crippen molar-refractivity contribution in [3.05, 3.63) is 41.2 Å². The SMILES string of the molecule is Cc1nc(C)c(C(=O)N2CCN(c3ncccc3C(F)(F)F)CC2)o1. The molecule has 134 valence electrons. The summed E-state index contributed by atoms with van der Waals surface area (Å²) in [7, 11) is 0. The first-order valence-electron chi connectivity index (χ1n) is 7.78. The van der Waals surface area contributed by atoms with E-state index in [2.05, 4.69) is 9.97 Å². The summed E-state index contributed by atoms with van der Waals surface area (Å²) in [5, 5.41) is 0. The highest BCUT2D eigenvalue weighted by molar-refractivity contribution is 5.92. The van der Waals surface area contributed by atoms with Crippen LogP contribution in [0, 0.1) is 13.8 Å². The van der Waals surface area contributed by atoms with Gasteiger partial charge in [0.1, 0.15) is 5.82 Å². The average Bonchev–Trinajstić information content (AvgIpc) is 2.92. The van der Waals surface area contributed by atoms with Crippen LogP contribution in [0.3, 0.4) is 0 Å². The third-order valence-corrected chi connectivity index (χ3v) is 4.06. The van der Waals surface area contributed by atoms with Gasteiger partial charge in [0.25, 0.3) is 5.91 Å². The number of carbonyl (C=O) groups excluding carboxylic acids is 1. The Morgan fingerprint density at radius 2 is 1.88 bits per heavy atom. The van der Waals surface area contributed by atoms with Crippen LogP contribution < -0.4 is 4.90 Å². The van der Waals surface area contributed by atoms with Gasteiger partial charge in [0.05, 0.1) is 11.3 Å². The molecule has 0 atom stereocenters. The summed E-state index contributed by atoms with van der Waals surface area (Å²) in [4.78, 5) is 23.5. The minimum Gasteiger partial charge on any atom is -0.436 e. The minimum absolute atomic E-state index is 0.103. The van der Waals surface area contributed by atoms with Crippen LogP contribution in [0.25, 0.3) is 0 Å². The Kier molecular flexibility index (Phi) is 4.40. The molecule has 0 saturated carbocycles. The van der Waals surface area contributed by atoms with Gasteiger partial charge in [0.2, 0.25) is 5.76 Å². The van der Waals surface area contributed by atoms with Gasteiger partial charge in [0, 0.05) is 39.3 Å². The van der Waals surface area contributed by atoms with Crippen molar-refractivity contribution >= 4 is 11.7 Å². The van der Waals surface area contributed by atoms with Crippen molar-refractivity contribution in [2.45, 2.75) is 20.0 Å². The number of aromatic nitrogens is 2. The zero-order chi connectivity index (χ0) is 18.2. The molecule has 0 bridgehead atoms. The molecule has 1 fully saturated rings. The molecule has 25 heavy (non-hydrogen) atoms. The Morgan fingerprint density at radius 1 is 1.20 bits per heavy atom. The Labute approximate surface area is 142 Å². The summed E-state index contributed by atoms with van der Waals surface area (Å²) in [6.45, 7) is 4.43. The number of hydrogen-bond acceptors (Lipinski definition) is 5. The molecule has 2 aromatic rings. The zero-order valence-corrected chi connectivity index (χ0v) is 13.8. The van der Waals surface area contributed by atoms with Gasteiger partial charge < -0.3 is 14.2 Å². The first-order valence-corrected chi connectivity index (χ1v) is 7.78. The lowest BCUT2D eigenvalue weighted by atomic mass is 10.2. The first-order chi connectivity index (χ1) is 11.8. The number of alkyl halides is 3. The number of anilines is 1. The normalized spacial score (nSPS) is 15.6. The highest BCUT2D eigenvalue weighted by Gasteiger charge is 2.36. The van der Waals surface area contributed by atoms with Gasteiger partial charge >= 0.3 is 6.18 Å². The van der Waals surface area contributed by atoms with Crippen LogP contribution in [0.2, 0.25) is 0 Å². The number of aryl methyl sites for hydroxylation is 2. The van der Waals surface area contributed by atoms with Crippen molar-refractivity contribution in [2.24, 2.45) is 0 Å². The molecule has 1 saturated heterocycles. The third-order valence-electron chi connectivity index (χ3n) is 4.06. The molecule has 0 unspecified atom stereocenters. The van der Waals surface area contributed by atoms with Gasteiger partial charge in [-0.1, -0.05) is 0 Å². The number of halogens is 3. The number of oxazole rings is 1. The van der Waals surface area contributed by atoms with E-state index in [1.54, 1.807) is 23.6 Å². The van der Waals surface area contributed by atoms with E-state index >= 15 is 0 Å². The van der Waals surface area contributed by atoms with Crippen LogP contribution in [-0.4, -0.2) is 47.0 Å². The highest BCUT2D eigenvalue weighted by Crippen LogP contribution is 2.35. The molecule has 9 heteroatoms. The predicted molar refractivity (Wildman–Crippen MR) is 83.3 cm³/mol. The molecule has 1 aliphatic heterocycles. The summed E-state index contributed by atoms with van der Waals surface area (Å²) >= 11 is 0. The Hall–Kier alpha value is -2.58. The van der Waals surface area contributed by atoms with Gasteiger partial charge in [-0.2, -0.15) is 13.2 Å². The molecule has 0 aromatic carbocycles. The van der Waals surface area contributed by atoms with Gasteiger partial charge in [-0.3, -0.25) is 4.79 Å². The predicted octanol–water partition coefficient (Wildman–Crippen LogP) is 2.67. The van der Waals surface area contributed by atoms with Crippen LogP contribution in [0.1, 0.15) is 27.7 Å². The van der Waals surface area contributed by atoms with E-state index in [1.165, 1.54) is 12.3 Å². The lowest BCUT2D eigenvalue weighted by molar-refractivity contribution is -0.137. The van der Waals surface area contributed by atoms with Crippen LogP contribution >= 0.6 is 0 Å². The molecule has 3 heterocycles. The van der Waals surface area contributed by atoms with Crippen molar-refractivity contribution in [2.75, 3.05) is 31.1 Å². The molecule has 1 amide bonds. The summed E-state index contributed by atoms with van der Waals surface area (Å²) in [5.41, 5.74) is -0.259. The summed E-state index contributed by atoms with van der Waals surface area (Å²) in [6.07, 6.45) is -3.13. The number of rotatable bonds is 2. The lowest BCUT2D eigenvalue weighted by Gasteiger charge is -2.36. The highest BCUT2D eigenvalue weighted by atomic mass is 19.4. The van der Waals surface area contributed by atoms with Crippen molar-refractivity contribution in [1.29, 1.82) is 0 Å². The fourth-order valence-corrected chi connectivity index (χ4v) is 2.86. The van der Waals surface area contributed by atoms with Crippen molar-refractivity contribution < 1.29 is 22.4 Å². The monoisotopic (exact) mass is 354 g/mol. The fourth-order valence-electron chi connectivity index (χ4n) is 2.86.